The van der Waals surface area contributed by atoms with Gasteiger partial charge in [-0.1, -0.05) is 84.3 Å². The molecule has 3 rings (SSSR count). The van der Waals surface area contributed by atoms with Crippen LogP contribution in [0, 0.1) is 23.7 Å². The van der Waals surface area contributed by atoms with Crippen LogP contribution in [0.1, 0.15) is 36.1 Å². The van der Waals surface area contributed by atoms with Gasteiger partial charge in [0.05, 0.1) is 0 Å². The minimum Gasteiger partial charge on any atom is -0.374 e. The predicted molar refractivity (Wildman–Crippen MR) is 112 cm³/mol. The Hall–Kier alpha value is -3.30. The minimum atomic E-state index is -1.30. The summed E-state index contributed by atoms with van der Waals surface area (Å²) in [5, 5.41) is 21.5. The van der Waals surface area contributed by atoms with Gasteiger partial charge in [-0.05, 0) is 49.2 Å². The van der Waals surface area contributed by atoms with Crippen molar-refractivity contribution in [2.24, 2.45) is 0 Å². The van der Waals surface area contributed by atoms with Crippen LogP contribution in [0.15, 0.2) is 84.9 Å². The van der Waals surface area contributed by atoms with E-state index >= 15 is 0 Å². The van der Waals surface area contributed by atoms with E-state index in [1.54, 1.807) is 38.1 Å². The fraction of sp³-hybridized carbons (Fsp3) is 0.154. The lowest BCUT2D eigenvalue weighted by molar-refractivity contribution is 0.118. The van der Waals surface area contributed by atoms with Crippen molar-refractivity contribution >= 4 is 0 Å². The molecule has 0 aromatic heterocycles. The Morgan fingerprint density at radius 1 is 0.536 bits per heavy atom. The molecule has 0 radical (unpaired) electrons. The molecular formula is C26H22O2. The van der Waals surface area contributed by atoms with E-state index in [0.29, 0.717) is 11.1 Å². The Labute approximate surface area is 166 Å². The van der Waals surface area contributed by atoms with Crippen molar-refractivity contribution in [1.29, 1.82) is 0 Å². The summed E-state index contributed by atoms with van der Waals surface area (Å²) in [5.41, 5.74) is 0.418. The van der Waals surface area contributed by atoms with Gasteiger partial charge < -0.3 is 10.2 Å². The van der Waals surface area contributed by atoms with E-state index in [1.807, 2.05) is 60.7 Å². The normalized spacial score (nSPS) is 14.4. The van der Waals surface area contributed by atoms with Crippen LogP contribution < -0.4 is 0 Å². The molecule has 3 aromatic carbocycles. The predicted octanol–water partition coefficient (Wildman–Crippen LogP) is 4.21. The third kappa shape index (κ3) is 4.90. The topological polar surface area (TPSA) is 40.5 Å². The van der Waals surface area contributed by atoms with Crippen LogP contribution in [0.25, 0.3) is 0 Å². The van der Waals surface area contributed by atoms with Crippen molar-refractivity contribution in [3.8, 4) is 23.7 Å². The van der Waals surface area contributed by atoms with Gasteiger partial charge in [-0.2, -0.15) is 0 Å². The third-order valence-corrected chi connectivity index (χ3v) is 4.46. The summed E-state index contributed by atoms with van der Waals surface area (Å²) in [6.07, 6.45) is 0. The van der Waals surface area contributed by atoms with E-state index in [2.05, 4.69) is 23.7 Å². The molecule has 0 saturated heterocycles. The molecule has 0 spiro atoms. The quantitative estimate of drug-likeness (QED) is 0.667. The van der Waals surface area contributed by atoms with Gasteiger partial charge in [0.15, 0.2) is 0 Å². The Morgan fingerprint density at radius 3 is 1.18 bits per heavy atom. The molecular weight excluding hydrogens is 344 g/mol. The van der Waals surface area contributed by atoms with Crippen LogP contribution in [0.2, 0.25) is 0 Å². The lowest BCUT2D eigenvalue weighted by Gasteiger charge is -2.21. The average Bonchev–Trinajstić information content (AvgIpc) is 2.73. The Kier molecular flexibility index (Phi) is 5.67. The van der Waals surface area contributed by atoms with Gasteiger partial charge in [0.1, 0.15) is 11.2 Å². The molecule has 0 heterocycles. The van der Waals surface area contributed by atoms with Gasteiger partial charge in [0.25, 0.3) is 0 Å². The third-order valence-electron chi connectivity index (χ3n) is 4.46. The first-order chi connectivity index (χ1) is 13.4. The second kappa shape index (κ2) is 8.15. The minimum absolute atomic E-state index is 0.659. The zero-order valence-electron chi connectivity index (χ0n) is 16.0. The largest absolute Gasteiger partial charge is 0.374 e. The smallest absolute Gasteiger partial charge is 0.148 e. The molecule has 0 fully saturated rings. The van der Waals surface area contributed by atoms with Crippen LogP contribution in [-0.4, -0.2) is 10.2 Å². The van der Waals surface area contributed by atoms with E-state index in [-0.39, 0.29) is 0 Å². The molecule has 0 saturated carbocycles. The molecule has 138 valence electrons. The van der Waals surface area contributed by atoms with E-state index in [4.69, 9.17) is 0 Å². The summed E-state index contributed by atoms with van der Waals surface area (Å²) in [6.45, 7) is 3.32. The van der Waals surface area contributed by atoms with Gasteiger partial charge >= 0.3 is 0 Å². The highest BCUT2D eigenvalue weighted by Crippen LogP contribution is 2.25. The van der Waals surface area contributed by atoms with Crippen LogP contribution >= 0.6 is 0 Å². The summed E-state index contributed by atoms with van der Waals surface area (Å²) in [6, 6.07) is 26.2. The molecule has 3 aromatic rings. The van der Waals surface area contributed by atoms with E-state index in [9.17, 15) is 10.2 Å². The fourth-order valence-electron chi connectivity index (χ4n) is 2.69. The van der Waals surface area contributed by atoms with Crippen molar-refractivity contribution in [3.63, 3.8) is 0 Å². The lowest BCUT2D eigenvalue weighted by atomic mass is 9.90. The number of rotatable bonds is 2. The fourth-order valence-corrected chi connectivity index (χ4v) is 2.69. The number of hydrogen-bond acceptors (Lipinski definition) is 2. The zero-order chi connectivity index (χ0) is 20.0. The summed E-state index contributed by atoms with van der Waals surface area (Å²) >= 11 is 0. The Bertz CT molecular complexity index is 951. The highest BCUT2D eigenvalue weighted by molar-refractivity contribution is 5.43. The molecule has 0 amide bonds. The summed E-state index contributed by atoms with van der Waals surface area (Å²) < 4.78 is 0. The highest BCUT2D eigenvalue weighted by Gasteiger charge is 2.23. The number of aliphatic hydroxyl groups is 2. The second-order valence-electron chi connectivity index (χ2n) is 6.95. The maximum atomic E-state index is 10.7. The van der Waals surface area contributed by atoms with Crippen molar-refractivity contribution in [2.45, 2.75) is 25.0 Å². The van der Waals surface area contributed by atoms with E-state index in [1.165, 1.54) is 0 Å². The summed E-state index contributed by atoms with van der Waals surface area (Å²) in [4.78, 5) is 0. The van der Waals surface area contributed by atoms with Crippen LogP contribution in [0.5, 0.6) is 0 Å². The van der Waals surface area contributed by atoms with Crippen LogP contribution in [0.4, 0.5) is 0 Å². The molecule has 2 N–H and O–H groups in total. The summed E-state index contributed by atoms with van der Waals surface area (Å²) in [5.74, 6) is 11.8. The molecule has 2 nitrogen and oxygen atoms in total. The van der Waals surface area contributed by atoms with Gasteiger partial charge in [0.2, 0.25) is 0 Å². The van der Waals surface area contributed by atoms with Crippen molar-refractivity contribution in [2.75, 3.05) is 0 Å². The maximum absolute atomic E-state index is 10.7. The molecule has 0 aliphatic heterocycles. The van der Waals surface area contributed by atoms with Crippen LogP contribution in [-0.2, 0) is 11.2 Å². The molecule has 2 heteroatoms. The highest BCUT2D eigenvalue weighted by atomic mass is 16.3. The standard InChI is InChI=1S/C26H22O2/c1-25(27,19-17-21-9-5-3-6-10-21)23-13-15-24(16-14-23)26(2,28)20-18-22-11-7-4-8-12-22/h3-16,27-28H,1-2H3/t25-,26+. The molecule has 28 heavy (non-hydrogen) atoms. The van der Waals surface area contributed by atoms with E-state index < -0.39 is 11.2 Å². The van der Waals surface area contributed by atoms with Gasteiger partial charge in [0, 0.05) is 11.1 Å². The van der Waals surface area contributed by atoms with Gasteiger partial charge in [-0.3, -0.25) is 0 Å². The van der Waals surface area contributed by atoms with Gasteiger partial charge in [-0.25, -0.2) is 0 Å². The second-order valence-corrected chi connectivity index (χ2v) is 6.95. The van der Waals surface area contributed by atoms with Crippen LogP contribution in [0.3, 0.4) is 0 Å². The first-order valence-corrected chi connectivity index (χ1v) is 9.09. The number of hydrogen-bond donors (Lipinski definition) is 2. The summed E-state index contributed by atoms with van der Waals surface area (Å²) in [7, 11) is 0. The van der Waals surface area contributed by atoms with Crippen molar-refractivity contribution < 1.29 is 10.2 Å². The first kappa shape index (κ1) is 19.5. The molecule has 0 bridgehead atoms. The van der Waals surface area contributed by atoms with Crippen molar-refractivity contribution in [3.05, 3.63) is 107 Å². The van der Waals surface area contributed by atoms with Gasteiger partial charge in [-0.15, -0.1) is 0 Å². The first-order valence-electron chi connectivity index (χ1n) is 9.09. The SMILES string of the molecule is C[C@](O)(C#Cc1ccccc1)c1ccc([C@](C)(O)C#Cc2ccccc2)cc1. The monoisotopic (exact) mass is 366 g/mol. The lowest BCUT2D eigenvalue weighted by Crippen LogP contribution is -2.21. The van der Waals surface area contributed by atoms with Crippen molar-refractivity contribution in [1.82, 2.24) is 0 Å². The molecule has 0 aliphatic carbocycles. The average molecular weight is 366 g/mol. The maximum Gasteiger partial charge on any atom is 0.148 e. The molecule has 0 unspecified atom stereocenters. The Morgan fingerprint density at radius 2 is 0.857 bits per heavy atom. The zero-order valence-corrected chi connectivity index (χ0v) is 16.0. The molecule has 0 aliphatic rings. The van der Waals surface area contributed by atoms with E-state index in [0.717, 1.165) is 11.1 Å². The molecule has 2 atom stereocenters. The number of benzene rings is 3. The Balaban J connectivity index is 1.81.